The molecule has 0 bridgehead atoms. The first-order valence-corrected chi connectivity index (χ1v) is 7.21. The summed E-state index contributed by atoms with van der Waals surface area (Å²) in [6.45, 7) is 2.35. The Morgan fingerprint density at radius 3 is 2.78 bits per heavy atom. The Balaban J connectivity index is 2.61. The molecule has 0 radical (unpaired) electrons. The van der Waals surface area contributed by atoms with Crippen molar-refractivity contribution in [3.8, 4) is 17.1 Å². The smallest absolute Gasteiger partial charge is 0.144 e. The molecule has 0 saturated carbocycles. The number of hydrogen-bond acceptors (Lipinski definition) is 2. The lowest BCUT2D eigenvalue weighted by molar-refractivity contribution is 0.339. The Labute approximate surface area is 127 Å². The summed E-state index contributed by atoms with van der Waals surface area (Å²) in [6.07, 6.45) is 1.91. The number of nitrogens with zero attached hydrogens (tertiary/aromatic N) is 2. The van der Waals surface area contributed by atoms with Gasteiger partial charge in [0, 0.05) is 19.3 Å². The minimum atomic E-state index is -0.342. The second kappa shape index (κ2) is 5.56. The molecule has 0 amide bonds. The molecule has 0 spiro atoms. The summed E-state index contributed by atoms with van der Waals surface area (Å²) in [6, 6.07) is 3.07. The van der Waals surface area contributed by atoms with Crippen LogP contribution in [-0.4, -0.2) is 16.2 Å². The molecule has 6 heteroatoms. The first-order chi connectivity index (χ1) is 8.52. The van der Waals surface area contributed by atoms with Crippen molar-refractivity contribution < 1.29 is 9.13 Å². The second-order valence-electron chi connectivity index (χ2n) is 3.69. The molecule has 0 aliphatic heterocycles. The van der Waals surface area contributed by atoms with Crippen LogP contribution < -0.4 is 4.74 Å². The van der Waals surface area contributed by atoms with Gasteiger partial charge in [-0.05, 0) is 51.5 Å². The van der Waals surface area contributed by atoms with Gasteiger partial charge in [-0.1, -0.05) is 0 Å². The molecular weight excluding hydrogens is 414 g/mol. The van der Waals surface area contributed by atoms with Crippen molar-refractivity contribution in [1.29, 1.82) is 0 Å². The van der Waals surface area contributed by atoms with Crippen molar-refractivity contribution in [2.24, 2.45) is 7.05 Å². The van der Waals surface area contributed by atoms with E-state index in [9.17, 15) is 4.39 Å². The molecule has 0 N–H and O–H groups in total. The molecule has 1 aromatic carbocycles. The minimum Gasteiger partial charge on any atom is -0.493 e. The van der Waals surface area contributed by atoms with Crippen LogP contribution in [0.1, 0.15) is 6.92 Å². The molecule has 0 aliphatic carbocycles. The first-order valence-electron chi connectivity index (χ1n) is 5.34. The molecule has 0 unspecified atom stereocenters. The van der Waals surface area contributed by atoms with E-state index >= 15 is 0 Å². The summed E-state index contributed by atoms with van der Waals surface area (Å²) in [5.74, 6) is 0.915. The van der Waals surface area contributed by atoms with Crippen LogP contribution in [0.3, 0.4) is 0 Å². The third-order valence-electron chi connectivity index (χ3n) is 2.41. The van der Waals surface area contributed by atoms with Crippen LogP contribution >= 0.6 is 38.5 Å². The fourth-order valence-corrected chi connectivity index (χ4v) is 2.65. The van der Waals surface area contributed by atoms with Crippen LogP contribution in [0.5, 0.6) is 5.75 Å². The zero-order chi connectivity index (χ0) is 13.3. The fraction of sp³-hybridized carbons (Fsp3) is 0.250. The maximum Gasteiger partial charge on any atom is 0.144 e. The van der Waals surface area contributed by atoms with Crippen molar-refractivity contribution >= 4 is 38.5 Å². The van der Waals surface area contributed by atoms with E-state index in [0.717, 1.165) is 15.1 Å². The fourth-order valence-electron chi connectivity index (χ4n) is 1.66. The van der Waals surface area contributed by atoms with E-state index in [-0.39, 0.29) is 5.82 Å². The van der Waals surface area contributed by atoms with Gasteiger partial charge >= 0.3 is 0 Å². The second-order valence-corrected chi connectivity index (χ2v) is 5.65. The highest BCUT2D eigenvalue weighted by atomic mass is 127. The molecule has 1 aromatic heterocycles. The summed E-state index contributed by atoms with van der Waals surface area (Å²) in [4.78, 5) is 4.42. The topological polar surface area (TPSA) is 27.1 Å². The van der Waals surface area contributed by atoms with Crippen molar-refractivity contribution in [1.82, 2.24) is 9.55 Å². The Hall–Kier alpha value is -0.630. The predicted molar refractivity (Wildman–Crippen MR) is 80.2 cm³/mol. The highest BCUT2D eigenvalue weighted by molar-refractivity contribution is 14.1. The summed E-state index contributed by atoms with van der Waals surface area (Å²) in [5.41, 5.74) is 0.774. The summed E-state index contributed by atoms with van der Waals surface area (Å²) in [7, 11) is 1.90. The average Bonchev–Trinajstić information content (AvgIpc) is 2.63. The Morgan fingerprint density at radius 2 is 2.22 bits per heavy atom. The van der Waals surface area contributed by atoms with Gasteiger partial charge in [0.1, 0.15) is 21.1 Å². The Morgan fingerprint density at radius 1 is 1.50 bits per heavy atom. The number of rotatable bonds is 3. The Bertz CT molecular complexity index is 586. The summed E-state index contributed by atoms with van der Waals surface area (Å²) >= 11 is 5.33. The molecule has 1 heterocycles. The third-order valence-corrected chi connectivity index (χ3v) is 3.54. The van der Waals surface area contributed by atoms with Crippen molar-refractivity contribution in [2.45, 2.75) is 6.92 Å². The number of benzene rings is 1. The van der Waals surface area contributed by atoms with Gasteiger partial charge in [0.15, 0.2) is 0 Å². The van der Waals surface area contributed by atoms with Crippen LogP contribution in [-0.2, 0) is 7.05 Å². The van der Waals surface area contributed by atoms with E-state index < -0.39 is 0 Å². The van der Waals surface area contributed by atoms with Gasteiger partial charge in [0.2, 0.25) is 0 Å². The molecule has 3 nitrogen and oxygen atoms in total. The zero-order valence-electron chi connectivity index (χ0n) is 9.88. The van der Waals surface area contributed by atoms with E-state index in [0.29, 0.717) is 16.8 Å². The maximum absolute atomic E-state index is 13.5. The van der Waals surface area contributed by atoms with Crippen LogP contribution in [0.2, 0.25) is 0 Å². The van der Waals surface area contributed by atoms with Gasteiger partial charge in [0.25, 0.3) is 0 Å². The molecule has 0 fully saturated rings. The number of hydrogen-bond donors (Lipinski definition) is 0. The van der Waals surface area contributed by atoms with Crippen molar-refractivity contribution in [3.05, 3.63) is 32.3 Å². The largest absolute Gasteiger partial charge is 0.493 e. The molecule has 0 saturated heterocycles. The SMILES string of the molecule is CCOc1cc(F)c(Br)cc1-c1nc(I)cn1C. The molecular formula is C12H11BrFIN2O. The lowest BCUT2D eigenvalue weighted by Crippen LogP contribution is -1.99. The van der Waals surface area contributed by atoms with E-state index in [2.05, 4.69) is 43.5 Å². The van der Waals surface area contributed by atoms with E-state index in [1.165, 1.54) is 6.07 Å². The number of aryl methyl sites for hydroxylation is 1. The van der Waals surface area contributed by atoms with Crippen LogP contribution in [0.4, 0.5) is 4.39 Å². The molecule has 2 rings (SSSR count). The van der Waals surface area contributed by atoms with Gasteiger partial charge < -0.3 is 9.30 Å². The summed E-state index contributed by atoms with van der Waals surface area (Å²) in [5, 5.41) is 0. The van der Waals surface area contributed by atoms with Crippen molar-refractivity contribution in [3.63, 3.8) is 0 Å². The highest BCUT2D eigenvalue weighted by Gasteiger charge is 2.15. The lowest BCUT2D eigenvalue weighted by Gasteiger charge is -2.11. The highest BCUT2D eigenvalue weighted by Crippen LogP contribution is 2.34. The van der Waals surface area contributed by atoms with Crippen LogP contribution in [0.15, 0.2) is 22.8 Å². The third kappa shape index (κ3) is 2.69. The molecule has 18 heavy (non-hydrogen) atoms. The standard InChI is InChI=1S/C12H11BrFIN2O/c1-3-18-10-5-9(14)8(13)4-7(10)12-16-11(15)6-17(12)2/h4-6H,3H2,1-2H3. The molecule has 0 atom stereocenters. The molecule has 0 aliphatic rings. The number of ether oxygens (including phenoxy) is 1. The molecule has 2 aromatic rings. The van der Waals surface area contributed by atoms with Gasteiger partial charge in [-0.3, -0.25) is 0 Å². The first kappa shape index (κ1) is 13.8. The quantitative estimate of drug-likeness (QED) is 0.696. The van der Waals surface area contributed by atoms with E-state index in [1.54, 1.807) is 6.07 Å². The van der Waals surface area contributed by atoms with Gasteiger partial charge in [0.05, 0.1) is 16.6 Å². The predicted octanol–water partition coefficient (Wildman–Crippen LogP) is 3.99. The number of halogens is 3. The van der Waals surface area contributed by atoms with Crippen molar-refractivity contribution in [2.75, 3.05) is 6.61 Å². The van der Waals surface area contributed by atoms with E-state index in [1.807, 2.05) is 24.7 Å². The lowest BCUT2D eigenvalue weighted by atomic mass is 10.2. The van der Waals surface area contributed by atoms with Gasteiger partial charge in [-0.25, -0.2) is 9.37 Å². The number of aromatic nitrogens is 2. The van der Waals surface area contributed by atoms with Gasteiger partial charge in [-0.2, -0.15) is 0 Å². The number of imidazole rings is 1. The van der Waals surface area contributed by atoms with Gasteiger partial charge in [-0.15, -0.1) is 0 Å². The monoisotopic (exact) mass is 424 g/mol. The van der Waals surface area contributed by atoms with Crippen LogP contribution in [0, 0.1) is 9.52 Å². The minimum absolute atomic E-state index is 0.342. The summed E-state index contributed by atoms with van der Waals surface area (Å²) < 4.78 is 22.2. The van der Waals surface area contributed by atoms with E-state index in [4.69, 9.17) is 4.74 Å². The zero-order valence-corrected chi connectivity index (χ0v) is 13.6. The molecule has 96 valence electrons. The van der Waals surface area contributed by atoms with Crippen LogP contribution in [0.25, 0.3) is 11.4 Å². The maximum atomic E-state index is 13.5. The Kier molecular flexibility index (Phi) is 4.26. The normalized spacial score (nSPS) is 10.7. The average molecular weight is 425 g/mol.